The molecular weight excluding hydrogens is 241 g/mol. The Morgan fingerprint density at radius 3 is 2.71 bits per heavy atom. The van der Waals surface area contributed by atoms with Crippen molar-refractivity contribution in [1.29, 1.82) is 0 Å². The molecule has 0 aliphatic rings. The van der Waals surface area contributed by atoms with Crippen molar-refractivity contribution < 1.29 is 13.7 Å². The van der Waals surface area contributed by atoms with Gasteiger partial charge in [-0.1, -0.05) is 0 Å². The van der Waals surface area contributed by atoms with Crippen molar-refractivity contribution in [2.75, 3.05) is 12.0 Å². The fourth-order valence-electron chi connectivity index (χ4n) is 1.79. The van der Waals surface area contributed by atoms with Gasteiger partial charge in [0.2, 0.25) is 0 Å². The fourth-order valence-corrected chi connectivity index (χ4v) is 2.59. The van der Waals surface area contributed by atoms with E-state index in [9.17, 15) is 13.7 Å². The molecule has 1 aromatic rings. The molecule has 2 N–H and O–H groups in total. The van der Waals surface area contributed by atoms with Crippen LogP contribution in [0.3, 0.4) is 0 Å². The van der Waals surface area contributed by atoms with Crippen LogP contribution < -0.4 is 5.32 Å². The number of hydrogen-bond donors (Lipinski definition) is 2. The highest BCUT2D eigenvalue weighted by Crippen LogP contribution is 2.24. The number of aromatic hydroxyl groups is 1. The van der Waals surface area contributed by atoms with Crippen LogP contribution in [0, 0.1) is 5.82 Å². The number of benzene rings is 1. The molecule has 0 heterocycles. The summed E-state index contributed by atoms with van der Waals surface area (Å²) in [5, 5.41) is 12.8. The van der Waals surface area contributed by atoms with E-state index in [2.05, 4.69) is 5.32 Å². The van der Waals surface area contributed by atoms with E-state index in [1.54, 1.807) is 6.26 Å². The maximum atomic E-state index is 13.1. The number of rotatable bonds is 5. The van der Waals surface area contributed by atoms with Crippen molar-refractivity contribution >= 4 is 10.8 Å². The molecule has 0 aromatic heterocycles. The van der Waals surface area contributed by atoms with Crippen LogP contribution in [0.4, 0.5) is 4.39 Å². The topological polar surface area (TPSA) is 49.3 Å². The summed E-state index contributed by atoms with van der Waals surface area (Å²) in [7, 11) is -0.877. The lowest BCUT2D eigenvalue weighted by Gasteiger charge is -2.20. The van der Waals surface area contributed by atoms with Crippen LogP contribution in [0.2, 0.25) is 0 Å². The lowest BCUT2D eigenvalue weighted by molar-refractivity contribution is 0.439. The summed E-state index contributed by atoms with van der Waals surface area (Å²) in [5.74, 6) is 0.217. The largest absolute Gasteiger partial charge is 0.508 e. The fraction of sp³-hybridized carbons (Fsp3) is 0.500. The summed E-state index contributed by atoms with van der Waals surface area (Å²) in [6.07, 6.45) is 1.64. The molecule has 17 heavy (non-hydrogen) atoms. The second-order valence-corrected chi connectivity index (χ2v) is 5.71. The number of hydrogen-bond acceptors (Lipinski definition) is 3. The molecule has 0 aliphatic carbocycles. The normalized spacial score (nSPS) is 16.5. The Bertz CT molecular complexity index is 411. The van der Waals surface area contributed by atoms with Crippen molar-refractivity contribution in [3.63, 3.8) is 0 Å². The Morgan fingerprint density at radius 1 is 1.47 bits per heavy atom. The zero-order valence-electron chi connectivity index (χ0n) is 10.2. The second kappa shape index (κ2) is 6.12. The summed E-state index contributed by atoms with van der Waals surface area (Å²) in [6.45, 7) is 3.75. The third-order valence-electron chi connectivity index (χ3n) is 2.48. The molecule has 0 saturated carbocycles. The van der Waals surface area contributed by atoms with E-state index >= 15 is 0 Å². The minimum absolute atomic E-state index is 0.0403. The van der Waals surface area contributed by atoms with Crippen molar-refractivity contribution in [2.45, 2.75) is 25.9 Å². The van der Waals surface area contributed by atoms with E-state index < -0.39 is 10.8 Å². The van der Waals surface area contributed by atoms with Crippen LogP contribution in [0.15, 0.2) is 18.2 Å². The average molecular weight is 259 g/mol. The Labute approximate surface area is 104 Å². The predicted molar refractivity (Wildman–Crippen MR) is 68.0 cm³/mol. The van der Waals surface area contributed by atoms with Gasteiger partial charge in [0, 0.05) is 40.5 Å². The number of phenols is 1. The molecular formula is C12H18FNO2S. The second-order valence-electron chi connectivity index (χ2n) is 4.23. The maximum absolute atomic E-state index is 13.1. The zero-order chi connectivity index (χ0) is 13.0. The summed E-state index contributed by atoms with van der Waals surface area (Å²) in [6, 6.07) is 3.72. The van der Waals surface area contributed by atoms with Gasteiger partial charge >= 0.3 is 0 Å². The Hall–Kier alpha value is -0.940. The van der Waals surface area contributed by atoms with Gasteiger partial charge in [0.25, 0.3) is 0 Å². The van der Waals surface area contributed by atoms with Crippen molar-refractivity contribution in [3.8, 4) is 5.75 Å². The number of phenolic OH excluding ortho intramolecular Hbond substituents is 1. The zero-order valence-corrected chi connectivity index (χ0v) is 11.1. The molecule has 3 atom stereocenters. The van der Waals surface area contributed by atoms with E-state index in [4.69, 9.17) is 0 Å². The van der Waals surface area contributed by atoms with E-state index in [0.717, 1.165) is 0 Å². The summed E-state index contributed by atoms with van der Waals surface area (Å²) in [4.78, 5) is 0. The van der Waals surface area contributed by atoms with E-state index in [1.165, 1.54) is 18.2 Å². The molecule has 0 fully saturated rings. The van der Waals surface area contributed by atoms with Gasteiger partial charge in [0.15, 0.2) is 0 Å². The predicted octanol–water partition coefficient (Wildman–Crippen LogP) is 1.95. The standard InChI is InChI=1S/C12H18FNO2S/c1-8(7-17(3)16)14-9(2)11-6-10(13)4-5-12(11)15/h4-6,8-9,14-15H,7H2,1-3H3. The van der Waals surface area contributed by atoms with E-state index in [0.29, 0.717) is 11.3 Å². The van der Waals surface area contributed by atoms with Crippen LogP contribution in [-0.2, 0) is 10.8 Å². The molecule has 96 valence electrons. The molecule has 0 spiro atoms. The molecule has 0 saturated heterocycles. The third kappa shape index (κ3) is 4.44. The SMILES string of the molecule is CC(CS(C)=O)NC(C)c1cc(F)ccc1O. The molecule has 1 rings (SSSR count). The molecule has 0 radical (unpaired) electrons. The Kier molecular flexibility index (Phi) is 5.08. The van der Waals surface area contributed by atoms with Crippen LogP contribution in [-0.4, -0.2) is 27.4 Å². The van der Waals surface area contributed by atoms with Crippen LogP contribution in [0.1, 0.15) is 25.5 Å². The summed E-state index contributed by atoms with van der Waals surface area (Å²) < 4.78 is 24.1. The lowest BCUT2D eigenvalue weighted by Crippen LogP contribution is -2.33. The van der Waals surface area contributed by atoms with Gasteiger partial charge in [-0.15, -0.1) is 0 Å². The first-order valence-corrected chi connectivity index (χ1v) is 7.17. The third-order valence-corrected chi connectivity index (χ3v) is 3.44. The van der Waals surface area contributed by atoms with E-state index in [-0.39, 0.29) is 23.7 Å². The summed E-state index contributed by atoms with van der Waals surface area (Å²) in [5.41, 5.74) is 0.513. The van der Waals surface area contributed by atoms with Crippen LogP contribution in [0.25, 0.3) is 0 Å². The van der Waals surface area contributed by atoms with Gasteiger partial charge in [-0.2, -0.15) is 0 Å². The maximum Gasteiger partial charge on any atom is 0.123 e. The quantitative estimate of drug-likeness (QED) is 0.849. The Morgan fingerprint density at radius 2 is 2.12 bits per heavy atom. The van der Waals surface area contributed by atoms with E-state index in [1.807, 2.05) is 13.8 Å². The minimum Gasteiger partial charge on any atom is -0.508 e. The molecule has 1 aromatic carbocycles. The van der Waals surface area contributed by atoms with Gasteiger partial charge in [0.1, 0.15) is 11.6 Å². The highest BCUT2D eigenvalue weighted by Gasteiger charge is 2.14. The van der Waals surface area contributed by atoms with Gasteiger partial charge in [-0.25, -0.2) is 4.39 Å². The average Bonchev–Trinajstić information content (AvgIpc) is 2.20. The minimum atomic E-state index is -0.877. The first-order valence-electron chi connectivity index (χ1n) is 5.44. The van der Waals surface area contributed by atoms with Gasteiger partial charge in [-0.3, -0.25) is 4.21 Å². The lowest BCUT2D eigenvalue weighted by atomic mass is 10.1. The highest BCUT2D eigenvalue weighted by molar-refractivity contribution is 7.84. The van der Waals surface area contributed by atoms with Crippen LogP contribution in [0.5, 0.6) is 5.75 Å². The molecule has 3 unspecified atom stereocenters. The summed E-state index contributed by atoms with van der Waals surface area (Å²) >= 11 is 0. The van der Waals surface area contributed by atoms with Crippen molar-refractivity contribution in [2.24, 2.45) is 0 Å². The first kappa shape index (κ1) is 14.1. The smallest absolute Gasteiger partial charge is 0.123 e. The van der Waals surface area contributed by atoms with Gasteiger partial charge < -0.3 is 10.4 Å². The van der Waals surface area contributed by atoms with Gasteiger partial charge in [-0.05, 0) is 32.0 Å². The molecule has 3 nitrogen and oxygen atoms in total. The Balaban J connectivity index is 2.72. The number of nitrogens with one attached hydrogen (secondary N) is 1. The number of halogens is 1. The van der Waals surface area contributed by atoms with Crippen molar-refractivity contribution in [1.82, 2.24) is 5.32 Å². The molecule has 5 heteroatoms. The first-order chi connectivity index (χ1) is 7.90. The molecule has 0 bridgehead atoms. The monoisotopic (exact) mass is 259 g/mol. The molecule has 0 aliphatic heterocycles. The van der Waals surface area contributed by atoms with Gasteiger partial charge in [0.05, 0.1) is 0 Å². The molecule has 0 amide bonds. The highest BCUT2D eigenvalue weighted by atomic mass is 32.2. The van der Waals surface area contributed by atoms with Crippen LogP contribution >= 0.6 is 0 Å². The van der Waals surface area contributed by atoms with Crippen molar-refractivity contribution in [3.05, 3.63) is 29.6 Å².